The minimum atomic E-state index is -1.02. The number of aliphatic carboxylic acids is 1. The van der Waals surface area contributed by atoms with E-state index in [9.17, 15) is 9.59 Å². The summed E-state index contributed by atoms with van der Waals surface area (Å²) in [5.41, 5.74) is 0. The lowest BCUT2D eigenvalue weighted by Gasteiger charge is -2.19. The number of amides is 1. The van der Waals surface area contributed by atoms with Crippen LogP contribution in [0.15, 0.2) is 0 Å². The summed E-state index contributed by atoms with van der Waals surface area (Å²) in [4.78, 5) is 22.6. The number of carboxylic acids is 1. The predicted molar refractivity (Wildman–Crippen MR) is 43.4 cm³/mol. The van der Waals surface area contributed by atoms with E-state index < -0.39 is 17.8 Å². The largest absolute Gasteiger partial charge is 0.480 e. The van der Waals surface area contributed by atoms with Crippen molar-refractivity contribution in [2.24, 2.45) is 0 Å². The molecule has 2 saturated heterocycles. The lowest BCUT2D eigenvalue weighted by atomic mass is 10.1. The van der Waals surface area contributed by atoms with Crippen LogP contribution in [0, 0.1) is 0 Å². The highest BCUT2D eigenvalue weighted by atomic mass is 16.7. The Morgan fingerprint density at radius 3 is 2.57 bits per heavy atom. The van der Waals surface area contributed by atoms with Crippen LogP contribution in [0.3, 0.4) is 0 Å². The van der Waals surface area contributed by atoms with Gasteiger partial charge in [0.1, 0.15) is 6.04 Å². The molecule has 2 rings (SSSR count). The summed E-state index contributed by atoms with van der Waals surface area (Å²) in [6, 6.07) is -0.828. The summed E-state index contributed by atoms with van der Waals surface area (Å²) in [7, 11) is 0. The summed E-state index contributed by atoms with van der Waals surface area (Å²) < 4.78 is 10.7. The number of nitrogens with zero attached hydrogens (tertiary/aromatic N) is 1. The molecule has 1 atom stereocenters. The molecule has 0 saturated carbocycles. The van der Waals surface area contributed by atoms with Crippen molar-refractivity contribution in [2.75, 3.05) is 19.8 Å². The van der Waals surface area contributed by atoms with Crippen molar-refractivity contribution < 1.29 is 24.2 Å². The second kappa shape index (κ2) is 3.21. The zero-order valence-corrected chi connectivity index (χ0v) is 7.51. The van der Waals surface area contributed by atoms with E-state index in [4.69, 9.17) is 14.6 Å². The van der Waals surface area contributed by atoms with Gasteiger partial charge in [0.05, 0.1) is 19.8 Å². The van der Waals surface area contributed by atoms with Crippen LogP contribution in [0.25, 0.3) is 0 Å². The van der Waals surface area contributed by atoms with Gasteiger partial charge in [-0.25, -0.2) is 4.79 Å². The van der Waals surface area contributed by atoms with Gasteiger partial charge >= 0.3 is 5.97 Å². The minimum absolute atomic E-state index is 0.202. The Morgan fingerprint density at radius 2 is 2.14 bits per heavy atom. The Labute approximate surface area is 80.4 Å². The van der Waals surface area contributed by atoms with Gasteiger partial charge in [-0.2, -0.15) is 0 Å². The molecule has 1 spiro atoms. The Bertz CT molecular complexity index is 260. The molecule has 0 radical (unpaired) electrons. The Kier molecular flexibility index (Phi) is 2.16. The minimum Gasteiger partial charge on any atom is -0.480 e. The van der Waals surface area contributed by atoms with Crippen LogP contribution in [0.4, 0.5) is 0 Å². The van der Waals surface area contributed by atoms with Gasteiger partial charge in [-0.15, -0.1) is 0 Å². The molecule has 14 heavy (non-hydrogen) atoms. The number of carboxylic acid groups (broad SMARTS) is 1. The molecule has 2 aliphatic heterocycles. The topological polar surface area (TPSA) is 76.1 Å². The number of hydrogen-bond acceptors (Lipinski definition) is 4. The van der Waals surface area contributed by atoms with Crippen molar-refractivity contribution in [1.82, 2.24) is 4.90 Å². The summed E-state index contributed by atoms with van der Waals surface area (Å²) in [6.45, 7) is 1.12. The fourth-order valence-electron chi connectivity index (χ4n) is 1.91. The Balaban J connectivity index is 2.14. The molecule has 0 bridgehead atoms. The standard InChI is InChI=1S/C8H11NO5/c10-5-9-4-8(13-1-2-14-8)3-6(9)7(11)12/h5-6H,1-4H2,(H,11,12). The van der Waals surface area contributed by atoms with E-state index in [2.05, 4.69) is 0 Å². The first-order valence-corrected chi connectivity index (χ1v) is 4.39. The van der Waals surface area contributed by atoms with Gasteiger partial charge < -0.3 is 19.5 Å². The van der Waals surface area contributed by atoms with Gasteiger partial charge in [0.15, 0.2) is 5.79 Å². The van der Waals surface area contributed by atoms with Crippen molar-refractivity contribution in [3.05, 3.63) is 0 Å². The van der Waals surface area contributed by atoms with Gasteiger partial charge in [-0.05, 0) is 0 Å². The molecule has 6 nitrogen and oxygen atoms in total. The summed E-state index contributed by atoms with van der Waals surface area (Å²) in [6.07, 6.45) is 0.736. The zero-order chi connectivity index (χ0) is 10.2. The van der Waals surface area contributed by atoms with Crippen LogP contribution in [0.2, 0.25) is 0 Å². The number of rotatable bonds is 2. The van der Waals surface area contributed by atoms with E-state index in [0.29, 0.717) is 19.6 Å². The van der Waals surface area contributed by atoms with E-state index in [1.165, 1.54) is 4.90 Å². The third-order valence-corrected chi connectivity index (χ3v) is 2.56. The Hall–Kier alpha value is -1.14. The van der Waals surface area contributed by atoms with Crippen LogP contribution >= 0.6 is 0 Å². The number of ether oxygens (including phenoxy) is 2. The molecule has 0 aromatic rings. The molecular weight excluding hydrogens is 190 g/mol. The second-order valence-electron chi connectivity index (χ2n) is 3.44. The molecule has 0 aromatic carbocycles. The second-order valence-corrected chi connectivity index (χ2v) is 3.44. The van der Waals surface area contributed by atoms with Gasteiger partial charge in [0.2, 0.25) is 6.41 Å². The molecule has 2 aliphatic rings. The molecule has 0 aromatic heterocycles. The predicted octanol–water partition coefficient (Wildman–Crippen LogP) is -0.955. The highest BCUT2D eigenvalue weighted by Gasteiger charge is 2.50. The lowest BCUT2D eigenvalue weighted by Crippen LogP contribution is -2.35. The average molecular weight is 201 g/mol. The van der Waals surface area contributed by atoms with E-state index in [-0.39, 0.29) is 13.0 Å². The molecule has 1 N–H and O–H groups in total. The van der Waals surface area contributed by atoms with E-state index in [1.807, 2.05) is 0 Å². The van der Waals surface area contributed by atoms with Crippen molar-refractivity contribution in [2.45, 2.75) is 18.2 Å². The monoisotopic (exact) mass is 201 g/mol. The van der Waals surface area contributed by atoms with Crippen molar-refractivity contribution in [1.29, 1.82) is 0 Å². The molecule has 6 heteroatoms. The number of likely N-dealkylation sites (tertiary alicyclic amines) is 1. The molecule has 2 heterocycles. The van der Waals surface area contributed by atoms with E-state index in [0.717, 1.165) is 0 Å². The number of carbonyl (C=O) groups is 2. The summed E-state index contributed by atoms with van der Waals surface area (Å²) >= 11 is 0. The van der Waals surface area contributed by atoms with Gasteiger partial charge in [-0.3, -0.25) is 4.79 Å². The van der Waals surface area contributed by atoms with Gasteiger partial charge in [0.25, 0.3) is 0 Å². The van der Waals surface area contributed by atoms with Crippen molar-refractivity contribution in [3.63, 3.8) is 0 Å². The quantitative estimate of drug-likeness (QED) is 0.582. The Morgan fingerprint density at radius 1 is 1.50 bits per heavy atom. The fourth-order valence-corrected chi connectivity index (χ4v) is 1.91. The van der Waals surface area contributed by atoms with Crippen LogP contribution in [-0.4, -0.2) is 54.0 Å². The van der Waals surface area contributed by atoms with Crippen LogP contribution in [-0.2, 0) is 19.1 Å². The molecule has 0 aliphatic carbocycles. The highest BCUT2D eigenvalue weighted by molar-refractivity contribution is 5.77. The maximum atomic E-state index is 10.8. The van der Waals surface area contributed by atoms with Gasteiger partial charge in [-0.1, -0.05) is 0 Å². The molecule has 1 unspecified atom stereocenters. The van der Waals surface area contributed by atoms with E-state index in [1.54, 1.807) is 0 Å². The third kappa shape index (κ3) is 1.36. The number of hydrogen-bond donors (Lipinski definition) is 1. The normalized spacial score (nSPS) is 29.7. The zero-order valence-electron chi connectivity index (χ0n) is 7.51. The maximum absolute atomic E-state index is 10.8. The third-order valence-electron chi connectivity index (χ3n) is 2.56. The fraction of sp³-hybridized carbons (Fsp3) is 0.750. The summed E-state index contributed by atoms with van der Waals surface area (Å²) in [5.74, 6) is -1.89. The highest BCUT2D eigenvalue weighted by Crippen LogP contribution is 2.33. The first-order chi connectivity index (χ1) is 6.67. The molecular formula is C8H11NO5. The van der Waals surface area contributed by atoms with Gasteiger partial charge in [0, 0.05) is 6.42 Å². The SMILES string of the molecule is O=CN1CC2(CC1C(=O)O)OCCO2. The van der Waals surface area contributed by atoms with Crippen molar-refractivity contribution >= 4 is 12.4 Å². The average Bonchev–Trinajstić information content (AvgIpc) is 2.74. The lowest BCUT2D eigenvalue weighted by molar-refractivity contribution is -0.150. The first-order valence-electron chi connectivity index (χ1n) is 4.39. The molecule has 78 valence electrons. The van der Waals surface area contributed by atoms with Crippen LogP contribution in [0.5, 0.6) is 0 Å². The summed E-state index contributed by atoms with van der Waals surface area (Å²) in [5, 5.41) is 8.85. The smallest absolute Gasteiger partial charge is 0.326 e. The maximum Gasteiger partial charge on any atom is 0.326 e. The number of carbonyl (C=O) groups excluding carboxylic acids is 1. The van der Waals surface area contributed by atoms with Crippen molar-refractivity contribution in [3.8, 4) is 0 Å². The molecule has 1 amide bonds. The first kappa shape index (κ1) is 9.42. The van der Waals surface area contributed by atoms with Crippen LogP contribution in [0.1, 0.15) is 6.42 Å². The van der Waals surface area contributed by atoms with Crippen LogP contribution < -0.4 is 0 Å². The molecule has 2 fully saturated rings. The van der Waals surface area contributed by atoms with E-state index >= 15 is 0 Å².